The third kappa shape index (κ3) is 6.99. The third-order valence-corrected chi connectivity index (χ3v) is 3.98. The van der Waals surface area contributed by atoms with E-state index in [0.29, 0.717) is 23.9 Å². The molecule has 0 saturated heterocycles. The third-order valence-electron chi connectivity index (χ3n) is 3.98. The van der Waals surface area contributed by atoms with Gasteiger partial charge >= 0.3 is 0 Å². The molecule has 0 aliphatic heterocycles. The lowest BCUT2D eigenvalue weighted by atomic mass is 10.2. The molecule has 3 N–H and O–H groups in total. The van der Waals surface area contributed by atoms with E-state index in [1.54, 1.807) is 38.1 Å². The van der Waals surface area contributed by atoms with Gasteiger partial charge in [0.05, 0.1) is 5.56 Å². The van der Waals surface area contributed by atoms with Gasteiger partial charge in [0.2, 0.25) is 11.8 Å². The van der Waals surface area contributed by atoms with Crippen molar-refractivity contribution < 1.29 is 23.2 Å². The molecule has 0 bridgehead atoms. The van der Waals surface area contributed by atoms with Crippen molar-refractivity contribution in [2.45, 2.75) is 26.7 Å². The van der Waals surface area contributed by atoms with Gasteiger partial charge in [-0.3, -0.25) is 14.4 Å². The van der Waals surface area contributed by atoms with Gasteiger partial charge in [-0.2, -0.15) is 0 Å². The second-order valence-electron chi connectivity index (χ2n) is 6.76. The minimum absolute atomic E-state index is 0.123. The lowest BCUT2D eigenvalue weighted by Gasteiger charge is -2.10. The summed E-state index contributed by atoms with van der Waals surface area (Å²) < 4.78 is 26.4. The van der Waals surface area contributed by atoms with E-state index < -0.39 is 17.5 Å². The van der Waals surface area contributed by atoms with Gasteiger partial charge in [0.15, 0.2) is 0 Å². The molecule has 0 saturated carbocycles. The SMILES string of the molecule is CC(C)C(=O)Nc1cccc(NC(=O)CCCNC(=O)c2ccc(F)cc2F)c1. The first kappa shape index (κ1) is 22.0. The zero-order valence-corrected chi connectivity index (χ0v) is 16.2. The molecule has 2 aromatic rings. The van der Waals surface area contributed by atoms with Crippen LogP contribution in [-0.2, 0) is 9.59 Å². The number of amides is 3. The Hall–Kier alpha value is -3.29. The van der Waals surface area contributed by atoms with Crippen LogP contribution in [-0.4, -0.2) is 24.3 Å². The van der Waals surface area contributed by atoms with E-state index in [0.717, 1.165) is 12.1 Å². The van der Waals surface area contributed by atoms with E-state index in [1.165, 1.54) is 0 Å². The quantitative estimate of drug-likeness (QED) is 0.587. The highest BCUT2D eigenvalue weighted by Gasteiger charge is 2.12. The summed E-state index contributed by atoms with van der Waals surface area (Å²) >= 11 is 0. The zero-order chi connectivity index (χ0) is 21.4. The molecule has 2 aromatic carbocycles. The van der Waals surface area contributed by atoms with Crippen LogP contribution in [0, 0.1) is 17.6 Å². The first-order valence-electron chi connectivity index (χ1n) is 9.20. The van der Waals surface area contributed by atoms with Crippen LogP contribution in [0.5, 0.6) is 0 Å². The van der Waals surface area contributed by atoms with Crippen molar-refractivity contribution in [3.05, 3.63) is 59.7 Å². The van der Waals surface area contributed by atoms with Gasteiger partial charge in [-0.1, -0.05) is 19.9 Å². The number of hydrogen-bond acceptors (Lipinski definition) is 3. The molecular weight excluding hydrogens is 380 g/mol. The molecule has 0 unspecified atom stereocenters. The molecule has 0 aromatic heterocycles. The smallest absolute Gasteiger partial charge is 0.254 e. The van der Waals surface area contributed by atoms with Crippen molar-refractivity contribution in [1.82, 2.24) is 5.32 Å². The van der Waals surface area contributed by atoms with Gasteiger partial charge in [0.25, 0.3) is 5.91 Å². The molecule has 0 radical (unpaired) electrons. The maximum absolute atomic E-state index is 13.5. The summed E-state index contributed by atoms with van der Waals surface area (Å²) in [5.41, 5.74) is 0.861. The lowest BCUT2D eigenvalue weighted by molar-refractivity contribution is -0.119. The monoisotopic (exact) mass is 403 g/mol. The Kier molecular flexibility index (Phi) is 7.82. The van der Waals surface area contributed by atoms with E-state index in [4.69, 9.17) is 0 Å². The van der Waals surface area contributed by atoms with Gasteiger partial charge in [0, 0.05) is 36.3 Å². The van der Waals surface area contributed by atoms with E-state index in [1.807, 2.05) is 0 Å². The summed E-state index contributed by atoms with van der Waals surface area (Å²) in [6, 6.07) is 9.49. The summed E-state index contributed by atoms with van der Waals surface area (Å²) in [5.74, 6) is -2.92. The number of benzene rings is 2. The number of halogens is 2. The van der Waals surface area contributed by atoms with Crippen LogP contribution < -0.4 is 16.0 Å². The molecular formula is C21H23F2N3O3. The van der Waals surface area contributed by atoms with Crippen molar-refractivity contribution in [2.75, 3.05) is 17.2 Å². The summed E-state index contributed by atoms with van der Waals surface area (Å²) in [7, 11) is 0. The maximum atomic E-state index is 13.5. The number of nitrogens with one attached hydrogen (secondary N) is 3. The fourth-order valence-corrected chi connectivity index (χ4v) is 2.40. The summed E-state index contributed by atoms with van der Waals surface area (Å²) in [6.07, 6.45) is 0.471. The molecule has 0 spiro atoms. The standard InChI is InChI=1S/C21H23F2N3O3/c1-13(2)20(28)26-16-6-3-5-15(12-16)25-19(27)7-4-10-24-21(29)17-9-8-14(22)11-18(17)23/h3,5-6,8-9,11-13H,4,7,10H2,1-2H3,(H,24,29)(H,25,27)(H,26,28). The maximum Gasteiger partial charge on any atom is 0.254 e. The number of anilines is 2. The van der Waals surface area contributed by atoms with Gasteiger partial charge in [0.1, 0.15) is 11.6 Å². The lowest BCUT2D eigenvalue weighted by Crippen LogP contribution is -2.26. The number of carbonyl (C=O) groups excluding carboxylic acids is 3. The minimum atomic E-state index is -0.940. The Morgan fingerprint density at radius 2 is 1.66 bits per heavy atom. The van der Waals surface area contributed by atoms with Gasteiger partial charge in [-0.25, -0.2) is 8.78 Å². The largest absolute Gasteiger partial charge is 0.352 e. The molecule has 0 aliphatic carbocycles. The van der Waals surface area contributed by atoms with Gasteiger partial charge < -0.3 is 16.0 Å². The van der Waals surface area contributed by atoms with Crippen molar-refractivity contribution in [2.24, 2.45) is 5.92 Å². The summed E-state index contributed by atoms with van der Waals surface area (Å²) in [6.45, 7) is 3.72. The molecule has 3 amide bonds. The zero-order valence-electron chi connectivity index (χ0n) is 16.2. The Morgan fingerprint density at radius 3 is 2.31 bits per heavy atom. The Labute approximate surface area is 167 Å². The van der Waals surface area contributed by atoms with E-state index in [-0.39, 0.29) is 36.3 Å². The topological polar surface area (TPSA) is 87.3 Å². The predicted octanol–water partition coefficient (Wildman–Crippen LogP) is 3.71. The molecule has 0 aliphatic rings. The molecule has 0 heterocycles. The van der Waals surface area contributed by atoms with Gasteiger partial charge in [-0.05, 0) is 36.8 Å². The van der Waals surface area contributed by atoms with Crippen LogP contribution in [0.15, 0.2) is 42.5 Å². The van der Waals surface area contributed by atoms with E-state index >= 15 is 0 Å². The molecule has 0 fully saturated rings. The average Bonchev–Trinajstić information content (AvgIpc) is 2.65. The highest BCUT2D eigenvalue weighted by atomic mass is 19.1. The second-order valence-corrected chi connectivity index (χ2v) is 6.76. The number of hydrogen-bond donors (Lipinski definition) is 3. The fourth-order valence-electron chi connectivity index (χ4n) is 2.40. The first-order chi connectivity index (χ1) is 13.8. The van der Waals surface area contributed by atoms with Gasteiger partial charge in [-0.15, -0.1) is 0 Å². The molecule has 6 nitrogen and oxygen atoms in total. The van der Waals surface area contributed by atoms with Crippen molar-refractivity contribution >= 4 is 29.1 Å². The highest BCUT2D eigenvalue weighted by Crippen LogP contribution is 2.16. The number of carbonyl (C=O) groups is 3. The van der Waals surface area contributed by atoms with E-state index in [9.17, 15) is 23.2 Å². The highest BCUT2D eigenvalue weighted by molar-refractivity contribution is 5.95. The van der Waals surface area contributed by atoms with Crippen molar-refractivity contribution in [1.29, 1.82) is 0 Å². The van der Waals surface area contributed by atoms with Crippen LogP contribution >= 0.6 is 0 Å². The average molecular weight is 403 g/mol. The minimum Gasteiger partial charge on any atom is -0.352 e. The van der Waals surface area contributed by atoms with Crippen LogP contribution in [0.1, 0.15) is 37.0 Å². The van der Waals surface area contributed by atoms with Crippen LogP contribution in [0.4, 0.5) is 20.2 Å². The Morgan fingerprint density at radius 1 is 0.966 bits per heavy atom. The second kappa shape index (κ2) is 10.3. The van der Waals surface area contributed by atoms with Crippen molar-refractivity contribution in [3.8, 4) is 0 Å². The van der Waals surface area contributed by atoms with E-state index in [2.05, 4.69) is 16.0 Å². The van der Waals surface area contributed by atoms with Crippen LogP contribution in [0.3, 0.4) is 0 Å². The summed E-state index contributed by atoms with van der Waals surface area (Å²) in [4.78, 5) is 35.7. The Balaban J connectivity index is 1.77. The number of rotatable bonds is 8. The molecule has 2 rings (SSSR count). The predicted molar refractivity (Wildman–Crippen MR) is 106 cm³/mol. The molecule has 0 atom stereocenters. The molecule has 8 heteroatoms. The fraction of sp³-hybridized carbons (Fsp3) is 0.286. The first-order valence-corrected chi connectivity index (χ1v) is 9.20. The Bertz CT molecular complexity index is 900. The summed E-state index contributed by atoms with van der Waals surface area (Å²) in [5, 5.41) is 7.96. The molecule has 29 heavy (non-hydrogen) atoms. The molecule has 154 valence electrons. The van der Waals surface area contributed by atoms with Crippen molar-refractivity contribution in [3.63, 3.8) is 0 Å². The normalized spacial score (nSPS) is 10.5. The van der Waals surface area contributed by atoms with Crippen LogP contribution in [0.2, 0.25) is 0 Å². The van der Waals surface area contributed by atoms with Crippen LogP contribution in [0.25, 0.3) is 0 Å².